The molecule has 0 spiro atoms. The molecule has 2 aromatic rings. The Hall–Kier alpha value is -1.29. The molecule has 0 heterocycles. The molecule has 2 nitrogen and oxygen atoms in total. The van der Waals surface area contributed by atoms with Crippen molar-refractivity contribution >= 4 is 23.2 Å². The van der Waals surface area contributed by atoms with Crippen molar-refractivity contribution in [3.8, 4) is 5.75 Å². The minimum absolute atomic E-state index is 0.312. The van der Waals surface area contributed by atoms with Crippen LogP contribution in [-0.2, 0) is 12.8 Å². The Morgan fingerprint density at radius 2 is 1.81 bits per heavy atom. The Balaban J connectivity index is 2.11. The molecule has 0 aliphatic rings. The fourth-order valence-electron chi connectivity index (χ4n) is 2.17. The number of rotatable bonds is 5. The zero-order chi connectivity index (χ0) is 15.4. The van der Waals surface area contributed by atoms with Crippen LogP contribution in [0.15, 0.2) is 36.4 Å². The van der Waals surface area contributed by atoms with Crippen molar-refractivity contribution < 1.29 is 14.2 Å². The maximum Gasteiger partial charge on any atom is 0.124 e. The Morgan fingerprint density at radius 3 is 2.48 bits per heavy atom. The first-order valence-corrected chi connectivity index (χ1v) is 7.19. The van der Waals surface area contributed by atoms with Gasteiger partial charge in [-0.15, -0.1) is 0 Å². The number of ether oxygens (including phenoxy) is 1. The molecule has 5 heteroatoms. The molecular formula is C16H15Cl2FO2. The highest BCUT2D eigenvalue weighted by atomic mass is 35.5. The van der Waals surface area contributed by atoms with Crippen molar-refractivity contribution in [2.24, 2.45) is 0 Å². The van der Waals surface area contributed by atoms with Gasteiger partial charge in [-0.1, -0.05) is 29.3 Å². The van der Waals surface area contributed by atoms with Crippen LogP contribution in [-0.4, -0.2) is 18.3 Å². The van der Waals surface area contributed by atoms with Crippen molar-refractivity contribution in [3.63, 3.8) is 0 Å². The summed E-state index contributed by atoms with van der Waals surface area (Å²) in [4.78, 5) is 0. The highest BCUT2D eigenvalue weighted by Gasteiger charge is 2.13. The van der Waals surface area contributed by atoms with Crippen molar-refractivity contribution in [3.05, 3.63) is 63.4 Å². The number of halogens is 3. The van der Waals surface area contributed by atoms with Gasteiger partial charge in [-0.05, 0) is 41.5 Å². The third kappa shape index (κ3) is 4.34. The molecule has 0 saturated heterocycles. The second kappa shape index (κ2) is 7.12. The summed E-state index contributed by atoms with van der Waals surface area (Å²) in [5.41, 5.74) is 1.52. The normalized spacial score (nSPS) is 12.2. The van der Waals surface area contributed by atoms with Crippen LogP contribution in [0.25, 0.3) is 0 Å². The summed E-state index contributed by atoms with van der Waals surface area (Å²) >= 11 is 11.9. The quantitative estimate of drug-likeness (QED) is 0.887. The summed E-state index contributed by atoms with van der Waals surface area (Å²) in [6.07, 6.45) is 0.0343. The van der Waals surface area contributed by atoms with Gasteiger partial charge in [0.2, 0.25) is 0 Å². The molecule has 0 fully saturated rings. The smallest absolute Gasteiger partial charge is 0.124 e. The van der Waals surface area contributed by atoms with Crippen molar-refractivity contribution in [1.29, 1.82) is 0 Å². The lowest BCUT2D eigenvalue weighted by molar-refractivity contribution is 0.174. The average molecular weight is 329 g/mol. The van der Waals surface area contributed by atoms with Crippen LogP contribution in [0.1, 0.15) is 11.1 Å². The third-order valence-corrected chi connectivity index (χ3v) is 3.76. The Morgan fingerprint density at radius 1 is 1.10 bits per heavy atom. The van der Waals surface area contributed by atoms with Crippen LogP contribution in [0.2, 0.25) is 10.0 Å². The van der Waals surface area contributed by atoms with Gasteiger partial charge in [-0.2, -0.15) is 0 Å². The number of benzene rings is 2. The van der Waals surface area contributed by atoms with Gasteiger partial charge in [-0.25, -0.2) is 4.39 Å². The third-order valence-electron chi connectivity index (χ3n) is 3.17. The molecule has 1 atom stereocenters. The van der Waals surface area contributed by atoms with E-state index in [1.165, 1.54) is 12.1 Å². The van der Waals surface area contributed by atoms with Crippen LogP contribution in [0, 0.1) is 5.82 Å². The molecule has 21 heavy (non-hydrogen) atoms. The first kappa shape index (κ1) is 16.1. The summed E-state index contributed by atoms with van der Waals surface area (Å²) in [6.45, 7) is 0. The van der Waals surface area contributed by atoms with Gasteiger partial charge in [-0.3, -0.25) is 0 Å². The van der Waals surface area contributed by atoms with E-state index in [2.05, 4.69) is 0 Å². The van der Waals surface area contributed by atoms with Gasteiger partial charge in [0, 0.05) is 22.9 Å². The molecule has 0 radical (unpaired) electrons. The molecule has 1 unspecified atom stereocenters. The number of hydrogen-bond donors (Lipinski definition) is 1. The summed E-state index contributed by atoms with van der Waals surface area (Å²) in [6, 6.07) is 9.39. The predicted molar refractivity (Wildman–Crippen MR) is 82.8 cm³/mol. The summed E-state index contributed by atoms with van der Waals surface area (Å²) in [7, 11) is 1.57. The molecule has 0 aromatic heterocycles. The molecule has 112 valence electrons. The summed E-state index contributed by atoms with van der Waals surface area (Å²) in [5.74, 6) is 0.276. The van der Waals surface area contributed by atoms with Crippen LogP contribution in [0.5, 0.6) is 5.75 Å². The largest absolute Gasteiger partial charge is 0.496 e. The molecule has 0 bridgehead atoms. The molecule has 2 rings (SSSR count). The molecule has 0 saturated carbocycles. The zero-order valence-corrected chi connectivity index (χ0v) is 13.0. The van der Waals surface area contributed by atoms with E-state index in [-0.39, 0.29) is 0 Å². The SMILES string of the molecule is COc1ccc(Cl)cc1CC(O)Cc1ccc(F)cc1Cl. The van der Waals surface area contributed by atoms with Crippen molar-refractivity contribution in [1.82, 2.24) is 0 Å². The lowest BCUT2D eigenvalue weighted by atomic mass is 10.0. The highest BCUT2D eigenvalue weighted by molar-refractivity contribution is 6.31. The first-order chi connectivity index (χ1) is 9.99. The minimum Gasteiger partial charge on any atom is -0.496 e. The minimum atomic E-state index is -0.666. The number of aliphatic hydroxyl groups excluding tert-OH is 1. The monoisotopic (exact) mass is 328 g/mol. The van der Waals surface area contributed by atoms with Crippen molar-refractivity contribution in [2.45, 2.75) is 18.9 Å². The van der Waals surface area contributed by atoms with Gasteiger partial charge in [0.05, 0.1) is 13.2 Å². The van der Waals surface area contributed by atoms with Gasteiger partial charge in [0.25, 0.3) is 0 Å². The molecular weight excluding hydrogens is 314 g/mol. The summed E-state index contributed by atoms with van der Waals surface area (Å²) in [5, 5.41) is 11.1. The van der Waals surface area contributed by atoms with E-state index in [0.717, 1.165) is 5.56 Å². The second-order valence-electron chi connectivity index (χ2n) is 4.75. The van der Waals surface area contributed by atoms with E-state index in [4.69, 9.17) is 27.9 Å². The molecule has 0 aliphatic heterocycles. The summed E-state index contributed by atoms with van der Waals surface area (Å²) < 4.78 is 18.2. The van der Waals surface area contributed by atoms with Crippen LogP contribution < -0.4 is 4.74 Å². The predicted octanol–water partition coefficient (Wildman–Crippen LogP) is 4.29. The molecule has 0 aliphatic carbocycles. The standard InChI is InChI=1S/C16H15Cl2FO2/c1-21-16-5-3-12(17)6-11(16)8-14(20)7-10-2-4-13(19)9-15(10)18/h2-6,9,14,20H,7-8H2,1H3. The second-order valence-corrected chi connectivity index (χ2v) is 5.60. The topological polar surface area (TPSA) is 29.5 Å². The molecule has 0 amide bonds. The fourth-order valence-corrected chi connectivity index (χ4v) is 2.61. The van der Waals surface area contributed by atoms with E-state index in [1.807, 2.05) is 0 Å². The number of methoxy groups -OCH3 is 1. The van der Waals surface area contributed by atoms with E-state index in [0.29, 0.717) is 34.2 Å². The van der Waals surface area contributed by atoms with Crippen LogP contribution in [0.3, 0.4) is 0 Å². The maximum atomic E-state index is 13.0. The maximum absolute atomic E-state index is 13.0. The number of aliphatic hydroxyl groups is 1. The molecule has 1 N–H and O–H groups in total. The zero-order valence-electron chi connectivity index (χ0n) is 11.4. The van der Waals surface area contributed by atoms with Crippen LogP contribution in [0.4, 0.5) is 4.39 Å². The van der Waals surface area contributed by atoms with Gasteiger partial charge >= 0.3 is 0 Å². The Bertz CT molecular complexity index is 632. The number of hydrogen-bond acceptors (Lipinski definition) is 2. The lowest BCUT2D eigenvalue weighted by Crippen LogP contribution is -2.15. The average Bonchev–Trinajstić information content (AvgIpc) is 2.42. The van der Waals surface area contributed by atoms with E-state index >= 15 is 0 Å². The van der Waals surface area contributed by atoms with Gasteiger partial charge < -0.3 is 9.84 Å². The van der Waals surface area contributed by atoms with Gasteiger partial charge in [0.1, 0.15) is 11.6 Å². The Labute approximate surface area is 133 Å². The van der Waals surface area contributed by atoms with E-state index in [1.54, 1.807) is 31.4 Å². The van der Waals surface area contributed by atoms with E-state index < -0.39 is 11.9 Å². The first-order valence-electron chi connectivity index (χ1n) is 6.44. The van der Waals surface area contributed by atoms with Crippen LogP contribution >= 0.6 is 23.2 Å². The molecule has 2 aromatic carbocycles. The fraction of sp³-hybridized carbons (Fsp3) is 0.250. The Kier molecular flexibility index (Phi) is 5.45. The van der Waals surface area contributed by atoms with E-state index in [9.17, 15) is 9.50 Å². The highest BCUT2D eigenvalue weighted by Crippen LogP contribution is 2.25. The van der Waals surface area contributed by atoms with Gasteiger partial charge in [0.15, 0.2) is 0 Å². The van der Waals surface area contributed by atoms with Crippen molar-refractivity contribution in [2.75, 3.05) is 7.11 Å². The lowest BCUT2D eigenvalue weighted by Gasteiger charge is -2.14.